The second-order valence-electron chi connectivity index (χ2n) is 7.80. The molecule has 0 radical (unpaired) electrons. The van der Waals surface area contributed by atoms with Crippen molar-refractivity contribution >= 4 is 0 Å². The molecule has 1 aromatic rings. The van der Waals surface area contributed by atoms with Crippen LogP contribution in [0.1, 0.15) is 5.56 Å². The quantitative estimate of drug-likeness (QED) is 0.203. The molecule has 0 aromatic heterocycles. The van der Waals surface area contributed by atoms with Crippen molar-refractivity contribution in [3.05, 3.63) is 42.5 Å². The Morgan fingerprint density at radius 3 is 1.94 bits per heavy atom. The predicted molar refractivity (Wildman–Crippen MR) is 107 cm³/mol. The van der Waals surface area contributed by atoms with Crippen LogP contribution in [0.25, 0.3) is 0 Å². The molecule has 2 fully saturated rings. The number of hydrogen-bond acceptors (Lipinski definition) is 11. The molecule has 7 N–H and O–H groups in total. The van der Waals surface area contributed by atoms with Crippen molar-refractivity contribution in [2.75, 3.05) is 13.2 Å². The number of benzene rings is 1. The van der Waals surface area contributed by atoms with Crippen LogP contribution in [0.3, 0.4) is 0 Å². The Morgan fingerprint density at radius 1 is 0.781 bits per heavy atom. The zero-order valence-corrected chi connectivity index (χ0v) is 17.3. The standard InChI is InChI=1S/C21H30O11/c1-2-3-10-4-6-11(7-5-10)30-21-19(28)17(26)15(24)13(32-21)9-29-20-18(27)16(25)14(23)12(8-22)31-20/h2,4-7,12-28H,1,3,8-9H2/t12-,13-,14+,15+,16-,17-,18-,19-,20+,21-/m0/s1. The third-order valence-corrected chi connectivity index (χ3v) is 5.50. The average Bonchev–Trinajstić information content (AvgIpc) is 2.79. The van der Waals surface area contributed by atoms with Crippen molar-refractivity contribution in [1.29, 1.82) is 0 Å². The molecule has 0 spiro atoms. The summed E-state index contributed by atoms with van der Waals surface area (Å²) < 4.78 is 21.8. The molecule has 32 heavy (non-hydrogen) atoms. The largest absolute Gasteiger partial charge is 0.462 e. The minimum absolute atomic E-state index is 0.360. The molecule has 0 unspecified atom stereocenters. The van der Waals surface area contributed by atoms with E-state index in [0.717, 1.165) is 5.56 Å². The Kier molecular flexibility index (Phi) is 8.58. The Morgan fingerprint density at radius 2 is 1.34 bits per heavy atom. The summed E-state index contributed by atoms with van der Waals surface area (Å²) in [5.41, 5.74) is 0.999. The van der Waals surface area contributed by atoms with Gasteiger partial charge in [-0.1, -0.05) is 18.2 Å². The maximum Gasteiger partial charge on any atom is 0.229 e. The van der Waals surface area contributed by atoms with Gasteiger partial charge >= 0.3 is 0 Å². The summed E-state index contributed by atoms with van der Waals surface area (Å²) in [6.07, 6.45) is -12.2. The summed E-state index contributed by atoms with van der Waals surface area (Å²) >= 11 is 0. The van der Waals surface area contributed by atoms with E-state index in [1.807, 2.05) is 0 Å². The maximum atomic E-state index is 10.3. The van der Waals surface area contributed by atoms with Crippen LogP contribution < -0.4 is 4.74 Å². The van der Waals surface area contributed by atoms with Gasteiger partial charge in [0.05, 0.1) is 13.2 Å². The number of allylic oxidation sites excluding steroid dienone is 1. The van der Waals surface area contributed by atoms with Gasteiger partial charge in [-0.2, -0.15) is 0 Å². The Labute approximate surface area is 184 Å². The maximum absolute atomic E-state index is 10.3. The fourth-order valence-electron chi connectivity index (χ4n) is 3.55. The lowest BCUT2D eigenvalue weighted by Crippen LogP contribution is -2.62. The van der Waals surface area contributed by atoms with E-state index in [1.165, 1.54) is 0 Å². The number of aliphatic hydroxyl groups is 7. The van der Waals surface area contributed by atoms with Gasteiger partial charge in [0.25, 0.3) is 0 Å². The fourth-order valence-corrected chi connectivity index (χ4v) is 3.55. The van der Waals surface area contributed by atoms with Gasteiger partial charge in [0, 0.05) is 0 Å². The molecular weight excluding hydrogens is 428 g/mol. The molecular formula is C21H30O11. The van der Waals surface area contributed by atoms with Crippen LogP contribution in [-0.2, 0) is 20.6 Å². The lowest BCUT2D eigenvalue weighted by atomic mass is 9.98. The molecule has 10 atom stereocenters. The highest BCUT2D eigenvalue weighted by molar-refractivity contribution is 5.28. The number of rotatable bonds is 8. The Bertz CT molecular complexity index is 727. The lowest BCUT2D eigenvalue weighted by Gasteiger charge is -2.42. The highest BCUT2D eigenvalue weighted by atomic mass is 16.7. The Balaban J connectivity index is 1.62. The van der Waals surface area contributed by atoms with Crippen molar-refractivity contribution in [1.82, 2.24) is 0 Å². The summed E-state index contributed by atoms with van der Waals surface area (Å²) in [6, 6.07) is 6.92. The van der Waals surface area contributed by atoms with Gasteiger partial charge < -0.3 is 54.7 Å². The third-order valence-electron chi connectivity index (χ3n) is 5.50. The molecule has 3 rings (SSSR count). The van der Waals surface area contributed by atoms with Crippen LogP contribution in [0.4, 0.5) is 0 Å². The second kappa shape index (κ2) is 11.0. The molecule has 1 aromatic carbocycles. The van der Waals surface area contributed by atoms with Crippen LogP contribution in [0.2, 0.25) is 0 Å². The average molecular weight is 458 g/mol. The van der Waals surface area contributed by atoms with Gasteiger partial charge in [0.2, 0.25) is 6.29 Å². The molecule has 0 amide bonds. The van der Waals surface area contributed by atoms with Gasteiger partial charge in [-0.15, -0.1) is 6.58 Å². The number of hydrogen-bond donors (Lipinski definition) is 7. The van der Waals surface area contributed by atoms with Crippen LogP contribution in [0, 0.1) is 0 Å². The summed E-state index contributed by atoms with van der Waals surface area (Å²) in [4.78, 5) is 0. The van der Waals surface area contributed by atoms with Crippen LogP contribution in [0.15, 0.2) is 36.9 Å². The smallest absolute Gasteiger partial charge is 0.229 e. The Hall–Kier alpha value is -1.64. The summed E-state index contributed by atoms with van der Waals surface area (Å²) in [6.45, 7) is 2.62. The van der Waals surface area contributed by atoms with Crippen molar-refractivity contribution in [3.63, 3.8) is 0 Å². The molecule has 0 bridgehead atoms. The van der Waals surface area contributed by atoms with Gasteiger partial charge in [-0.3, -0.25) is 0 Å². The highest BCUT2D eigenvalue weighted by Gasteiger charge is 2.47. The molecule has 11 heteroatoms. The van der Waals surface area contributed by atoms with E-state index in [2.05, 4.69) is 6.58 Å². The zero-order valence-electron chi connectivity index (χ0n) is 17.3. The molecule has 2 heterocycles. The van der Waals surface area contributed by atoms with Gasteiger partial charge in [0.15, 0.2) is 6.29 Å². The van der Waals surface area contributed by atoms with E-state index in [4.69, 9.17) is 18.9 Å². The first-order valence-corrected chi connectivity index (χ1v) is 10.2. The van der Waals surface area contributed by atoms with E-state index < -0.39 is 74.6 Å². The van der Waals surface area contributed by atoms with Crippen LogP contribution >= 0.6 is 0 Å². The predicted octanol–water partition coefficient (Wildman–Crippen LogP) is -2.58. The summed E-state index contributed by atoms with van der Waals surface area (Å²) in [7, 11) is 0. The van der Waals surface area contributed by atoms with E-state index >= 15 is 0 Å². The van der Waals surface area contributed by atoms with E-state index in [1.54, 1.807) is 30.3 Å². The van der Waals surface area contributed by atoms with E-state index in [9.17, 15) is 35.7 Å². The van der Waals surface area contributed by atoms with Crippen molar-refractivity contribution in [3.8, 4) is 5.75 Å². The fraction of sp³-hybridized carbons (Fsp3) is 0.619. The minimum atomic E-state index is -1.63. The first kappa shape index (κ1) is 25.0. The monoisotopic (exact) mass is 458 g/mol. The molecule has 2 saturated heterocycles. The number of ether oxygens (including phenoxy) is 4. The second-order valence-corrected chi connectivity index (χ2v) is 7.80. The van der Waals surface area contributed by atoms with E-state index in [0.29, 0.717) is 12.2 Å². The van der Waals surface area contributed by atoms with Gasteiger partial charge in [-0.25, -0.2) is 0 Å². The van der Waals surface area contributed by atoms with Crippen LogP contribution in [0.5, 0.6) is 5.75 Å². The van der Waals surface area contributed by atoms with Crippen molar-refractivity contribution in [2.24, 2.45) is 0 Å². The first-order valence-electron chi connectivity index (χ1n) is 10.2. The van der Waals surface area contributed by atoms with Gasteiger partial charge in [-0.05, 0) is 24.1 Å². The summed E-state index contributed by atoms with van der Waals surface area (Å²) in [5.74, 6) is 0.360. The van der Waals surface area contributed by atoms with Gasteiger partial charge in [0.1, 0.15) is 54.6 Å². The summed E-state index contributed by atoms with van der Waals surface area (Å²) in [5, 5.41) is 69.7. The normalized spacial score (nSPS) is 40.1. The molecule has 2 aliphatic heterocycles. The van der Waals surface area contributed by atoms with E-state index in [-0.39, 0.29) is 0 Å². The van der Waals surface area contributed by atoms with Crippen molar-refractivity contribution in [2.45, 2.75) is 67.8 Å². The molecule has 2 aliphatic rings. The lowest BCUT2D eigenvalue weighted by molar-refractivity contribution is -0.323. The minimum Gasteiger partial charge on any atom is -0.462 e. The number of aliphatic hydroxyl groups excluding tert-OH is 7. The molecule has 0 saturated carbocycles. The molecule has 11 nitrogen and oxygen atoms in total. The zero-order chi connectivity index (χ0) is 23.4. The first-order chi connectivity index (χ1) is 15.3. The topological polar surface area (TPSA) is 179 Å². The third kappa shape index (κ3) is 5.46. The SMILES string of the molecule is C=CCc1ccc(O[C@H]2O[C@@H](CO[C@@H]3O[C@@H](CO)[C@@H](O)[C@H](O)[C@@H]3O)[C@@H](O)[C@H](O)[C@@H]2O)cc1. The molecule has 180 valence electrons. The van der Waals surface area contributed by atoms with Crippen molar-refractivity contribution < 1.29 is 54.7 Å². The van der Waals surface area contributed by atoms with Crippen LogP contribution in [-0.4, -0.2) is 110 Å². The molecule has 0 aliphatic carbocycles. The highest BCUT2D eigenvalue weighted by Crippen LogP contribution is 2.27.